The zero-order chi connectivity index (χ0) is 18.6. The normalized spacial score (nSPS) is 21.5. The van der Waals surface area contributed by atoms with Gasteiger partial charge < -0.3 is 15.1 Å². The number of carbonyl (C=O) groups excluding carboxylic acids is 2. The van der Waals surface area contributed by atoms with Crippen LogP contribution in [0.3, 0.4) is 0 Å². The third-order valence-electron chi connectivity index (χ3n) is 4.96. The van der Waals surface area contributed by atoms with E-state index in [0.717, 1.165) is 31.5 Å². The van der Waals surface area contributed by atoms with Gasteiger partial charge in [-0.15, -0.1) is 0 Å². The number of likely N-dealkylation sites (tertiary alicyclic amines) is 1. The molecule has 26 heavy (non-hydrogen) atoms. The van der Waals surface area contributed by atoms with E-state index in [0.29, 0.717) is 13.0 Å². The Morgan fingerprint density at radius 1 is 1.15 bits per heavy atom. The van der Waals surface area contributed by atoms with Gasteiger partial charge in [0.05, 0.1) is 18.1 Å². The number of carbonyl (C=O) groups is 2. The number of amides is 3. The van der Waals surface area contributed by atoms with E-state index in [1.54, 1.807) is 9.80 Å². The lowest BCUT2D eigenvalue weighted by molar-refractivity contribution is -0.129. The molecule has 2 aliphatic heterocycles. The van der Waals surface area contributed by atoms with Crippen molar-refractivity contribution in [3.8, 4) is 0 Å². The fraction of sp³-hybridized carbons (Fsp3) is 0.556. The van der Waals surface area contributed by atoms with Crippen LogP contribution in [0.15, 0.2) is 30.3 Å². The van der Waals surface area contributed by atoms with Crippen LogP contribution in [0.4, 0.5) is 4.79 Å². The summed E-state index contributed by atoms with van der Waals surface area (Å²) in [6, 6.07) is 8.72. The number of benzene rings is 1. The molecule has 0 unspecified atom stereocenters. The van der Waals surface area contributed by atoms with E-state index >= 15 is 0 Å². The van der Waals surface area contributed by atoms with Gasteiger partial charge in [-0.2, -0.15) is 0 Å². The molecule has 1 aromatic carbocycles. The Bertz CT molecular complexity index is 745. The second kappa shape index (κ2) is 8.07. The van der Waals surface area contributed by atoms with Crippen molar-refractivity contribution in [2.24, 2.45) is 0 Å². The molecule has 0 saturated carbocycles. The first-order valence-corrected chi connectivity index (χ1v) is 10.8. The summed E-state index contributed by atoms with van der Waals surface area (Å²) in [4.78, 5) is 28.2. The largest absolute Gasteiger partial charge is 0.341 e. The van der Waals surface area contributed by atoms with Gasteiger partial charge in [0, 0.05) is 25.7 Å². The molecule has 1 atom stereocenters. The predicted octanol–water partition coefficient (Wildman–Crippen LogP) is 1.01. The van der Waals surface area contributed by atoms with Gasteiger partial charge in [0.2, 0.25) is 5.91 Å². The molecule has 2 aliphatic rings. The summed E-state index contributed by atoms with van der Waals surface area (Å²) < 4.78 is 23.7. The Balaban J connectivity index is 1.65. The molecule has 2 heterocycles. The third kappa shape index (κ3) is 4.75. The Morgan fingerprint density at radius 2 is 1.85 bits per heavy atom. The standard InChI is InChI=1S/C18H25N3O4S/c22-17(20-9-4-5-10-20)12-19-18(23)21(13-15-6-2-1-3-7-15)16-8-11-26(24,25)14-16/h1-3,6-7,16H,4-5,8-14H2,(H,19,23)/t16-/m1/s1. The second-order valence-electron chi connectivity index (χ2n) is 6.92. The monoisotopic (exact) mass is 379 g/mol. The van der Waals surface area contributed by atoms with Crippen LogP contribution in [0.5, 0.6) is 0 Å². The van der Waals surface area contributed by atoms with Gasteiger partial charge in [0.1, 0.15) is 0 Å². The number of urea groups is 1. The molecule has 0 aliphatic carbocycles. The summed E-state index contributed by atoms with van der Waals surface area (Å²) >= 11 is 0. The minimum absolute atomic E-state index is 0.0205. The Kier molecular flexibility index (Phi) is 5.80. The van der Waals surface area contributed by atoms with Gasteiger partial charge in [-0.1, -0.05) is 30.3 Å². The van der Waals surface area contributed by atoms with Crippen LogP contribution in [-0.2, 0) is 21.2 Å². The van der Waals surface area contributed by atoms with Gasteiger partial charge in [0.15, 0.2) is 9.84 Å². The highest BCUT2D eigenvalue weighted by Gasteiger charge is 2.35. The average molecular weight is 379 g/mol. The van der Waals surface area contributed by atoms with Crippen molar-refractivity contribution < 1.29 is 18.0 Å². The first-order chi connectivity index (χ1) is 12.4. The van der Waals surface area contributed by atoms with Gasteiger partial charge in [-0.05, 0) is 24.8 Å². The molecule has 2 saturated heterocycles. The molecule has 0 aromatic heterocycles. The summed E-state index contributed by atoms with van der Waals surface area (Å²) in [6.45, 7) is 1.75. The van der Waals surface area contributed by atoms with Crippen LogP contribution in [0.2, 0.25) is 0 Å². The van der Waals surface area contributed by atoms with Crippen molar-refractivity contribution in [2.75, 3.05) is 31.1 Å². The van der Waals surface area contributed by atoms with Gasteiger partial charge in [0.25, 0.3) is 0 Å². The van der Waals surface area contributed by atoms with Gasteiger partial charge in [-0.25, -0.2) is 13.2 Å². The minimum Gasteiger partial charge on any atom is -0.341 e. The van der Waals surface area contributed by atoms with E-state index in [4.69, 9.17) is 0 Å². The van der Waals surface area contributed by atoms with E-state index in [-0.39, 0.29) is 36.0 Å². The molecule has 142 valence electrons. The molecule has 0 radical (unpaired) electrons. The molecular weight excluding hydrogens is 354 g/mol. The lowest BCUT2D eigenvalue weighted by Gasteiger charge is -2.29. The topological polar surface area (TPSA) is 86.8 Å². The number of nitrogens with zero attached hydrogens (tertiary/aromatic N) is 2. The molecule has 3 amide bonds. The number of hydrogen-bond donors (Lipinski definition) is 1. The molecule has 1 aromatic rings. The Labute approximate surface area is 154 Å². The number of rotatable bonds is 5. The van der Waals surface area contributed by atoms with Crippen molar-refractivity contribution in [2.45, 2.75) is 31.8 Å². The Hall–Kier alpha value is -2.09. The SMILES string of the molecule is O=C(CNC(=O)N(Cc1ccccc1)[C@@H]1CCS(=O)(=O)C1)N1CCCC1. The maximum atomic E-state index is 12.7. The molecule has 3 rings (SSSR count). The lowest BCUT2D eigenvalue weighted by Crippen LogP contribution is -2.49. The van der Waals surface area contributed by atoms with Gasteiger partial charge in [-0.3, -0.25) is 4.79 Å². The minimum atomic E-state index is -3.11. The van der Waals surface area contributed by atoms with Crippen LogP contribution in [0.25, 0.3) is 0 Å². The van der Waals surface area contributed by atoms with E-state index in [1.807, 2.05) is 30.3 Å². The van der Waals surface area contributed by atoms with Crippen LogP contribution < -0.4 is 5.32 Å². The molecule has 0 bridgehead atoms. The van der Waals surface area contributed by atoms with Crippen LogP contribution in [-0.4, -0.2) is 67.3 Å². The highest BCUT2D eigenvalue weighted by atomic mass is 32.2. The van der Waals surface area contributed by atoms with Crippen molar-refractivity contribution in [3.63, 3.8) is 0 Å². The highest BCUT2D eigenvalue weighted by molar-refractivity contribution is 7.91. The zero-order valence-corrected chi connectivity index (χ0v) is 15.6. The van der Waals surface area contributed by atoms with E-state index < -0.39 is 9.84 Å². The van der Waals surface area contributed by atoms with E-state index in [1.165, 1.54) is 0 Å². The average Bonchev–Trinajstić information content (AvgIpc) is 3.28. The van der Waals surface area contributed by atoms with E-state index in [9.17, 15) is 18.0 Å². The van der Waals surface area contributed by atoms with Crippen molar-refractivity contribution in [3.05, 3.63) is 35.9 Å². The first kappa shape index (κ1) is 18.7. The summed E-state index contributed by atoms with van der Waals surface area (Å²) in [5.41, 5.74) is 0.929. The predicted molar refractivity (Wildman–Crippen MR) is 98.3 cm³/mol. The summed E-state index contributed by atoms with van der Waals surface area (Å²) in [6.07, 6.45) is 2.43. The maximum absolute atomic E-state index is 12.7. The molecule has 1 N–H and O–H groups in total. The first-order valence-electron chi connectivity index (χ1n) is 9.01. The van der Waals surface area contributed by atoms with Crippen molar-refractivity contribution >= 4 is 21.8 Å². The summed E-state index contributed by atoms with van der Waals surface area (Å²) in [7, 11) is -3.11. The van der Waals surface area contributed by atoms with Crippen molar-refractivity contribution in [1.82, 2.24) is 15.1 Å². The Morgan fingerprint density at radius 3 is 2.46 bits per heavy atom. The maximum Gasteiger partial charge on any atom is 0.318 e. The summed E-state index contributed by atoms with van der Waals surface area (Å²) in [5.74, 6) is -0.00874. The highest BCUT2D eigenvalue weighted by Crippen LogP contribution is 2.20. The van der Waals surface area contributed by atoms with Crippen LogP contribution in [0.1, 0.15) is 24.8 Å². The third-order valence-corrected chi connectivity index (χ3v) is 6.71. The number of sulfone groups is 1. The fourth-order valence-electron chi connectivity index (χ4n) is 3.50. The van der Waals surface area contributed by atoms with Crippen LogP contribution >= 0.6 is 0 Å². The van der Waals surface area contributed by atoms with Crippen molar-refractivity contribution in [1.29, 1.82) is 0 Å². The summed E-state index contributed by atoms with van der Waals surface area (Å²) in [5, 5.41) is 2.68. The molecule has 0 spiro atoms. The molecule has 2 fully saturated rings. The number of nitrogens with one attached hydrogen (secondary N) is 1. The molecule has 8 heteroatoms. The van der Waals surface area contributed by atoms with Gasteiger partial charge >= 0.3 is 6.03 Å². The number of hydrogen-bond acceptors (Lipinski definition) is 4. The molecule has 7 nitrogen and oxygen atoms in total. The van der Waals surface area contributed by atoms with E-state index in [2.05, 4.69) is 5.32 Å². The second-order valence-corrected chi connectivity index (χ2v) is 9.15. The quantitative estimate of drug-likeness (QED) is 0.827. The smallest absolute Gasteiger partial charge is 0.318 e. The fourth-order valence-corrected chi connectivity index (χ4v) is 5.23. The lowest BCUT2D eigenvalue weighted by atomic mass is 10.1. The molecular formula is C18H25N3O4S. The van der Waals surface area contributed by atoms with Crippen LogP contribution in [0, 0.1) is 0 Å². The zero-order valence-electron chi connectivity index (χ0n) is 14.8.